The molecule has 5 atom stereocenters. The summed E-state index contributed by atoms with van der Waals surface area (Å²) in [5, 5.41) is 25.4. The number of aliphatic carboxylic acids is 2. The van der Waals surface area contributed by atoms with Crippen LogP contribution in [0.2, 0.25) is 0 Å². The number of hydrogen-bond donors (Lipinski definition) is 7. The highest BCUT2D eigenvalue weighted by Gasteiger charge is 2.29. The first-order valence-corrected chi connectivity index (χ1v) is 10.8. The Morgan fingerprint density at radius 2 is 1.44 bits per heavy atom. The molecule has 0 bridgehead atoms. The second-order valence-electron chi connectivity index (χ2n) is 7.82. The van der Waals surface area contributed by atoms with Crippen molar-refractivity contribution in [2.24, 2.45) is 17.4 Å². The molecule has 0 spiro atoms. The molecular formula is C20H37N5O7. The van der Waals surface area contributed by atoms with Crippen LogP contribution in [0.1, 0.15) is 59.3 Å². The van der Waals surface area contributed by atoms with Gasteiger partial charge in [0, 0.05) is 6.42 Å². The highest BCUT2D eigenvalue weighted by molar-refractivity contribution is 5.94. The van der Waals surface area contributed by atoms with Crippen molar-refractivity contribution in [2.45, 2.75) is 83.5 Å². The summed E-state index contributed by atoms with van der Waals surface area (Å²) in [6.45, 7) is 5.38. The van der Waals surface area contributed by atoms with Gasteiger partial charge in [0.15, 0.2) is 0 Å². The van der Waals surface area contributed by atoms with Crippen molar-refractivity contribution in [3.8, 4) is 0 Å². The summed E-state index contributed by atoms with van der Waals surface area (Å²) in [5.41, 5.74) is 11.3. The number of carboxylic acids is 2. The number of hydrogen-bond acceptors (Lipinski definition) is 7. The number of carboxylic acid groups (broad SMARTS) is 2. The number of carbonyl (C=O) groups is 5. The lowest BCUT2D eigenvalue weighted by Crippen LogP contribution is -2.57. The SMILES string of the molecule is CC[C@H](C)[C@H](N)C(=O)N[C@@H](CCC(=O)O)C(=O)N[C@@H](C)C(=O)N[C@@H](CCCCN)C(=O)O. The maximum atomic E-state index is 12.6. The molecule has 32 heavy (non-hydrogen) atoms. The molecule has 0 rings (SSSR count). The summed E-state index contributed by atoms with van der Waals surface area (Å²) in [6.07, 6.45) is 1.34. The molecule has 0 heterocycles. The van der Waals surface area contributed by atoms with Crippen molar-refractivity contribution in [3.05, 3.63) is 0 Å². The van der Waals surface area contributed by atoms with Crippen molar-refractivity contribution in [3.63, 3.8) is 0 Å². The Morgan fingerprint density at radius 3 is 1.94 bits per heavy atom. The number of amides is 3. The predicted molar refractivity (Wildman–Crippen MR) is 116 cm³/mol. The highest BCUT2D eigenvalue weighted by Crippen LogP contribution is 2.07. The van der Waals surface area contributed by atoms with Gasteiger partial charge in [-0.3, -0.25) is 19.2 Å². The fourth-order valence-corrected chi connectivity index (χ4v) is 2.74. The minimum absolute atomic E-state index is 0.157. The molecular weight excluding hydrogens is 422 g/mol. The Hall–Kier alpha value is -2.73. The molecule has 0 fully saturated rings. The molecule has 0 saturated heterocycles. The van der Waals surface area contributed by atoms with E-state index in [0.29, 0.717) is 25.8 Å². The average molecular weight is 460 g/mol. The van der Waals surface area contributed by atoms with Gasteiger partial charge in [0.05, 0.1) is 6.04 Å². The molecule has 0 aliphatic carbocycles. The lowest BCUT2D eigenvalue weighted by atomic mass is 9.98. The van der Waals surface area contributed by atoms with E-state index in [1.165, 1.54) is 6.92 Å². The van der Waals surface area contributed by atoms with Gasteiger partial charge >= 0.3 is 11.9 Å². The van der Waals surface area contributed by atoms with E-state index in [1.807, 2.05) is 6.92 Å². The van der Waals surface area contributed by atoms with E-state index in [1.54, 1.807) is 6.92 Å². The van der Waals surface area contributed by atoms with Gasteiger partial charge in [0.1, 0.15) is 18.1 Å². The Balaban J connectivity index is 5.11. The lowest BCUT2D eigenvalue weighted by Gasteiger charge is -2.24. The molecule has 0 aromatic heterocycles. The van der Waals surface area contributed by atoms with Crippen molar-refractivity contribution in [1.82, 2.24) is 16.0 Å². The van der Waals surface area contributed by atoms with Crippen LogP contribution in [0.3, 0.4) is 0 Å². The first kappa shape index (κ1) is 29.3. The van der Waals surface area contributed by atoms with E-state index >= 15 is 0 Å². The predicted octanol–water partition coefficient (Wildman–Crippen LogP) is -1.09. The fourth-order valence-electron chi connectivity index (χ4n) is 2.74. The quantitative estimate of drug-likeness (QED) is 0.139. The first-order valence-electron chi connectivity index (χ1n) is 10.8. The van der Waals surface area contributed by atoms with Crippen LogP contribution in [0, 0.1) is 5.92 Å². The molecule has 12 heteroatoms. The largest absolute Gasteiger partial charge is 0.481 e. The number of rotatable bonds is 16. The lowest BCUT2D eigenvalue weighted by molar-refractivity contribution is -0.142. The Labute approximate surface area is 187 Å². The molecule has 9 N–H and O–H groups in total. The standard InChI is InChI=1S/C20H37N5O7/c1-4-11(2)16(22)19(30)24-13(8-9-15(26)27)18(29)23-12(3)17(28)25-14(20(31)32)7-5-6-10-21/h11-14,16H,4-10,21-22H2,1-3H3,(H,23,29)(H,24,30)(H,25,28)(H,26,27)(H,31,32)/t11-,12-,13-,14-,16-/m0/s1. The molecule has 0 saturated carbocycles. The van der Waals surface area contributed by atoms with Crippen LogP contribution < -0.4 is 27.4 Å². The van der Waals surface area contributed by atoms with Crippen molar-refractivity contribution < 1.29 is 34.2 Å². The second-order valence-corrected chi connectivity index (χ2v) is 7.82. The van der Waals surface area contributed by atoms with Crippen LogP contribution >= 0.6 is 0 Å². The van der Waals surface area contributed by atoms with Gasteiger partial charge in [0.2, 0.25) is 17.7 Å². The van der Waals surface area contributed by atoms with Crippen molar-refractivity contribution in [1.29, 1.82) is 0 Å². The van der Waals surface area contributed by atoms with E-state index in [4.69, 9.17) is 16.6 Å². The number of nitrogens with two attached hydrogens (primary N) is 2. The van der Waals surface area contributed by atoms with E-state index in [9.17, 15) is 29.1 Å². The molecule has 0 unspecified atom stereocenters. The topological polar surface area (TPSA) is 214 Å². The van der Waals surface area contributed by atoms with Gasteiger partial charge in [-0.15, -0.1) is 0 Å². The molecule has 0 aliphatic rings. The van der Waals surface area contributed by atoms with Gasteiger partial charge < -0.3 is 37.6 Å². The third-order valence-electron chi connectivity index (χ3n) is 5.15. The van der Waals surface area contributed by atoms with Crippen LogP contribution in [0.15, 0.2) is 0 Å². The van der Waals surface area contributed by atoms with Crippen LogP contribution in [-0.2, 0) is 24.0 Å². The van der Waals surface area contributed by atoms with Crippen molar-refractivity contribution >= 4 is 29.7 Å². The first-order chi connectivity index (χ1) is 14.9. The van der Waals surface area contributed by atoms with Crippen molar-refractivity contribution in [2.75, 3.05) is 6.54 Å². The summed E-state index contributed by atoms with van der Waals surface area (Å²) in [7, 11) is 0. The number of nitrogens with one attached hydrogen (secondary N) is 3. The summed E-state index contributed by atoms with van der Waals surface area (Å²) >= 11 is 0. The average Bonchev–Trinajstić information content (AvgIpc) is 2.73. The Bertz CT molecular complexity index is 658. The summed E-state index contributed by atoms with van der Waals surface area (Å²) in [6, 6.07) is -4.36. The summed E-state index contributed by atoms with van der Waals surface area (Å²) in [5.74, 6) is -4.62. The van der Waals surface area contributed by atoms with Crippen LogP contribution in [0.5, 0.6) is 0 Å². The van der Waals surface area contributed by atoms with Crippen LogP contribution in [0.4, 0.5) is 0 Å². The van der Waals surface area contributed by atoms with Crippen LogP contribution in [0.25, 0.3) is 0 Å². The minimum Gasteiger partial charge on any atom is -0.481 e. The third-order valence-corrected chi connectivity index (χ3v) is 5.15. The normalized spacial score (nSPS) is 15.5. The van der Waals surface area contributed by atoms with E-state index in [0.717, 1.165) is 0 Å². The monoisotopic (exact) mass is 459 g/mol. The zero-order chi connectivity index (χ0) is 24.8. The number of unbranched alkanes of at least 4 members (excludes halogenated alkanes) is 1. The molecule has 3 amide bonds. The minimum atomic E-state index is -1.22. The zero-order valence-electron chi connectivity index (χ0n) is 18.9. The second kappa shape index (κ2) is 15.1. The molecule has 0 aliphatic heterocycles. The molecule has 184 valence electrons. The molecule has 0 radical (unpaired) electrons. The van der Waals surface area contributed by atoms with E-state index in [-0.39, 0.29) is 25.2 Å². The van der Waals surface area contributed by atoms with E-state index in [2.05, 4.69) is 16.0 Å². The van der Waals surface area contributed by atoms with Crippen LogP contribution in [-0.4, -0.2) is 70.6 Å². The van der Waals surface area contributed by atoms with Gasteiger partial charge in [-0.1, -0.05) is 20.3 Å². The molecule has 12 nitrogen and oxygen atoms in total. The summed E-state index contributed by atoms with van der Waals surface area (Å²) < 4.78 is 0. The zero-order valence-corrected chi connectivity index (χ0v) is 18.9. The van der Waals surface area contributed by atoms with Gasteiger partial charge in [-0.05, 0) is 45.1 Å². The smallest absolute Gasteiger partial charge is 0.326 e. The summed E-state index contributed by atoms with van der Waals surface area (Å²) in [4.78, 5) is 59.6. The van der Waals surface area contributed by atoms with E-state index < -0.39 is 53.8 Å². The Kier molecular flexibility index (Phi) is 13.8. The maximum absolute atomic E-state index is 12.6. The fraction of sp³-hybridized carbons (Fsp3) is 0.750. The van der Waals surface area contributed by atoms with Gasteiger partial charge in [0.25, 0.3) is 0 Å². The molecule has 0 aromatic rings. The Morgan fingerprint density at radius 1 is 0.844 bits per heavy atom. The third kappa shape index (κ3) is 11.0. The van der Waals surface area contributed by atoms with Gasteiger partial charge in [-0.25, -0.2) is 4.79 Å². The van der Waals surface area contributed by atoms with Gasteiger partial charge in [-0.2, -0.15) is 0 Å². The maximum Gasteiger partial charge on any atom is 0.326 e. The molecule has 0 aromatic carbocycles. The number of carbonyl (C=O) groups excluding carboxylic acids is 3. The highest BCUT2D eigenvalue weighted by atomic mass is 16.4.